The molecule has 1 aliphatic heterocycles. The van der Waals surface area contributed by atoms with Crippen molar-refractivity contribution in [1.82, 2.24) is 4.90 Å². The number of rotatable bonds is 3. The molecule has 1 amide bonds. The lowest BCUT2D eigenvalue weighted by Crippen LogP contribution is -2.51. The fraction of sp³-hybridized carbons (Fsp3) is 0.667. The molecule has 1 aromatic heterocycles. The van der Waals surface area contributed by atoms with Crippen molar-refractivity contribution in [2.75, 3.05) is 6.54 Å². The lowest BCUT2D eigenvalue weighted by molar-refractivity contribution is -0.136. The summed E-state index contributed by atoms with van der Waals surface area (Å²) in [5.74, 6) is 0.255. The van der Waals surface area contributed by atoms with Crippen LogP contribution in [0.2, 0.25) is 0 Å². The summed E-state index contributed by atoms with van der Waals surface area (Å²) in [5, 5.41) is 2.15. The Labute approximate surface area is 118 Å². The van der Waals surface area contributed by atoms with Gasteiger partial charge in [0.15, 0.2) is 0 Å². The summed E-state index contributed by atoms with van der Waals surface area (Å²) < 4.78 is 0. The maximum Gasteiger partial charge on any atom is 0.224 e. The Morgan fingerprint density at radius 1 is 1.58 bits per heavy atom. The molecule has 19 heavy (non-hydrogen) atoms. The average Bonchev–Trinajstić information content (AvgIpc) is 2.83. The summed E-state index contributed by atoms with van der Waals surface area (Å²) in [7, 11) is 0. The topological polar surface area (TPSA) is 46.3 Å². The van der Waals surface area contributed by atoms with Gasteiger partial charge in [-0.15, -0.1) is 11.3 Å². The zero-order valence-corrected chi connectivity index (χ0v) is 12.3. The van der Waals surface area contributed by atoms with Crippen LogP contribution in [0.5, 0.6) is 0 Å². The van der Waals surface area contributed by atoms with Gasteiger partial charge in [0.25, 0.3) is 0 Å². The molecule has 2 N–H and O–H groups in total. The number of hydrogen-bond acceptors (Lipinski definition) is 3. The predicted octanol–water partition coefficient (Wildman–Crippen LogP) is 2.86. The Bertz CT molecular complexity index is 478. The Balaban J connectivity index is 1.75. The number of fused-ring (bicyclic) bond motifs is 1. The van der Waals surface area contributed by atoms with E-state index in [4.69, 9.17) is 5.73 Å². The van der Waals surface area contributed by atoms with Gasteiger partial charge in [0.1, 0.15) is 0 Å². The van der Waals surface area contributed by atoms with E-state index in [-0.39, 0.29) is 17.5 Å². The highest BCUT2D eigenvalue weighted by molar-refractivity contribution is 7.10. The smallest absolute Gasteiger partial charge is 0.224 e. The Morgan fingerprint density at radius 2 is 2.37 bits per heavy atom. The predicted molar refractivity (Wildman–Crippen MR) is 78.2 cm³/mol. The molecular formula is C15H22N2OS. The summed E-state index contributed by atoms with van der Waals surface area (Å²) in [4.78, 5) is 16.1. The van der Waals surface area contributed by atoms with E-state index in [1.807, 2.05) is 11.3 Å². The molecule has 0 saturated heterocycles. The van der Waals surface area contributed by atoms with Crippen LogP contribution in [-0.2, 0) is 11.2 Å². The summed E-state index contributed by atoms with van der Waals surface area (Å²) in [5.41, 5.74) is 7.39. The molecule has 2 heterocycles. The summed E-state index contributed by atoms with van der Waals surface area (Å²) in [6, 6.07) is 2.46. The van der Waals surface area contributed by atoms with Crippen molar-refractivity contribution in [2.45, 2.75) is 57.0 Å². The highest BCUT2D eigenvalue weighted by Crippen LogP contribution is 2.38. The third kappa shape index (κ3) is 2.32. The van der Waals surface area contributed by atoms with Crippen molar-refractivity contribution < 1.29 is 4.79 Å². The number of hydrogen-bond donors (Lipinski definition) is 1. The van der Waals surface area contributed by atoms with Gasteiger partial charge in [-0.05, 0) is 49.1 Å². The van der Waals surface area contributed by atoms with Crippen LogP contribution in [0.25, 0.3) is 0 Å². The fourth-order valence-corrected chi connectivity index (χ4v) is 4.27. The van der Waals surface area contributed by atoms with Crippen molar-refractivity contribution in [3.63, 3.8) is 0 Å². The van der Waals surface area contributed by atoms with Gasteiger partial charge in [0.05, 0.1) is 6.04 Å². The molecule has 3 nitrogen and oxygen atoms in total. The zero-order valence-electron chi connectivity index (χ0n) is 11.5. The largest absolute Gasteiger partial charge is 0.335 e. The molecule has 1 unspecified atom stereocenters. The van der Waals surface area contributed by atoms with E-state index >= 15 is 0 Å². The number of carbonyl (C=O) groups excluding carboxylic acids is 1. The van der Waals surface area contributed by atoms with Gasteiger partial charge in [-0.3, -0.25) is 4.79 Å². The van der Waals surface area contributed by atoms with Crippen molar-refractivity contribution in [2.24, 2.45) is 5.73 Å². The second kappa shape index (κ2) is 4.91. The molecule has 1 atom stereocenters. The van der Waals surface area contributed by atoms with Crippen LogP contribution in [0.15, 0.2) is 11.4 Å². The van der Waals surface area contributed by atoms with Gasteiger partial charge in [-0.25, -0.2) is 0 Å². The normalized spacial score (nSPS) is 24.7. The first kappa shape index (κ1) is 13.1. The van der Waals surface area contributed by atoms with Gasteiger partial charge < -0.3 is 10.6 Å². The molecule has 2 aliphatic rings. The molecule has 1 saturated carbocycles. The standard InChI is InChI=1S/C15H22N2OS/c1-2-12-11-5-9-19-13(11)4-8-17(12)14(18)10-15(16)6-3-7-15/h5,9,12H,2-4,6-8,10,16H2,1H3. The lowest BCUT2D eigenvalue weighted by Gasteiger charge is -2.41. The van der Waals surface area contributed by atoms with E-state index < -0.39 is 0 Å². The number of nitrogens with zero attached hydrogens (tertiary/aromatic N) is 1. The molecule has 1 aliphatic carbocycles. The molecule has 0 radical (unpaired) electrons. The van der Waals surface area contributed by atoms with E-state index in [1.165, 1.54) is 16.9 Å². The lowest BCUT2D eigenvalue weighted by atomic mass is 9.75. The molecule has 0 aromatic carbocycles. The van der Waals surface area contributed by atoms with Crippen LogP contribution in [-0.4, -0.2) is 22.9 Å². The molecule has 1 fully saturated rings. The molecule has 4 heteroatoms. The maximum atomic E-state index is 12.6. The van der Waals surface area contributed by atoms with Gasteiger partial charge in [0.2, 0.25) is 5.91 Å². The minimum Gasteiger partial charge on any atom is -0.335 e. The molecule has 3 rings (SSSR count). The van der Waals surface area contributed by atoms with E-state index in [9.17, 15) is 4.79 Å². The molecule has 0 bridgehead atoms. The van der Waals surface area contributed by atoms with Crippen molar-refractivity contribution in [1.29, 1.82) is 0 Å². The van der Waals surface area contributed by atoms with E-state index in [2.05, 4.69) is 23.3 Å². The monoisotopic (exact) mass is 278 g/mol. The second-order valence-electron chi connectivity index (χ2n) is 5.95. The third-order valence-corrected chi connectivity index (χ3v) is 5.65. The van der Waals surface area contributed by atoms with Gasteiger partial charge >= 0.3 is 0 Å². The van der Waals surface area contributed by atoms with Crippen LogP contribution in [0.1, 0.15) is 55.5 Å². The van der Waals surface area contributed by atoms with Crippen LogP contribution in [0.3, 0.4) is 0 Å². The number of thiophene rings is 1. The average molecular weight is 278 g/mol. The third-order valence-electron chi connectivity index (χ3n) is 4.65. The van der Waals surface area contributed by atoms with Crippen LogP contribution in [0.4, 0.5) is 0 Å². The number of nitrogens with two attached hydrogens (primary N) is 1. The minimum absolute atomic E-state index is 0.204. The quantitative estimate of drug-likeness (QED) is 0.924. The van der Waals surface area contributed by atoms with Crippen molar-refractivity contribution in [3.8, 4) is 0 Å². The van der Waals surface area contributed by atoms with Crippen molar-refractivity contribution >= 4 is 17.2 Å². The maximum absolute atomic E-state index is 12.6. The van der Waals surface area contributed by atoms with E-state index in [0.717, 1.165) is 32.2 Å². The fourth-order valence-electron chi connectivity index (χ4n) is 3.35. The summed E-state index contributed by atoms with van der Waals surface area (Å²) >= 11 is 1.82. The minimum atomic E-state index is -0.204. The number of amides is 1. The Kier molecular flexibility index (Phi) is 3.39. The first-order chi connectivity index (χ1) is 9.13. The van der Waals surface area contributed by atoms with Gasteiger partial charge in [-0.1, -0.05) is 6.92 Å². The molecule has 1 aromatic rings. The van der Waals surface area contributed by atoms with Crippen LogP contribution in [0, 0.1) is 0 Å². The summed E-state index contributed by atoms with van der Waals surface area (Å²) in [6.07, 6.45) is 5.72. The second-order valence-corrected chi connectivity index (χ2v) is 6.95. The zero-order chi connectivity index (χ0) is 13.5. The Morgan fingerprint density at radius 3 is 3.00 bits per heavy atom. The number of carbonyl (C=O) groups is 1. The van der Waals surface area contributed by atoms with Gasteiger partial charge in [-0.2, -0.15) is 0 Å². The van der Waals surface area contributed by atoms with E-state index in [0.29, 0.717) is 6.42 Å². The van der Waals surface area contributed by atoms with Crippen molar-refractivity contribution in [3.05, 3.63) is 21.9 Å². The van der Waals surface area contributed by atoms with Crippen LogP contribution < -0.4 is 5.73 Å². The molecule has 104 valence electrons. The van der Waals surface area contributed by atoms with E-state index in [1.54, 1.807) is 0 Å². The first-order valence-corrected chi connectivity index (χ1v) is 8.15. The highest BCUT2D eigenvalue weighted by Gasteiger charge is 2.38. The SMILES string of the molecule is CCC1c2ccsc2CCN1C(=O)CC1(N)CCC1. The molecule has 0 spiro atoms. The summed E-state index contributed by atoms with van der Waals surface area (Å²) in [6.45, 7) is 3.03. The first-order valence-electron chi connectivity index (χ1n) is 7.27. The van der Waals surface area contributed by atoms with Gasteiger partial charge in [0, 0.05) is 23.4 Å². The molecular weight excluding hydrogens is 256 g/mol. The highest BCUT2D eigenvalue weighted by atomic mass is 32.1. The van der Waals surface area contributed by atoms with Crippen LogP contribution >= 0.6 is 11.3 Å². The Hall–Kier alpha value is -0.870.